The van der Waals surface area contributed by atoms with Crippen LogP contribution in [0.15, 0.2) is 12.1 Å². The minimum atomic E-state index is -1.27. The zero-order chi connectivity index (χ0) is 15.0. The summed E-state index contributed by atoms with van der Waals surface area (Å²) in [6.45, 7) is 1.50. The van der Waals surface area contributed by atoms with Gasteiger partial charge in [-0.2, -0.15) is 9.65 Å². The van der Waals surface area contributed by atoms with Gasteiger partial charge in [-0.3, -0.25) is 10.1 Å². The highest BCUT2D eigenvalue weighted by molar-refractivity contribution is 7.16. The average molecular weight is 295 g/mol. The maximum Gasteiger partial charge on any atom is 0.305 e. The molecule has 2 rings (SSSR count). The lowest BCUT2D eigenvalue weighted by Crippen LogP contribution is -1.97. The molecule has 0 aliphatic carbocycles. The van der Waals surface area contributed by atoms with Crippen molar-refractivity contribution in [2.24, 2.45) is 0 Å². The monoisotopic (exact) mass is 295 g/mol. The van der Waals surface area contributed by atoms with Crippen LogP contribution in [0.25, 0.3) is 10.4 Å². The number of benzene rings is 1. The van der Waals surface area contributed by atoms with E-state index in [0.717, 1.165) is 23.5 Å². The maximum atomic E-state index is 14.1. The normalized spacial score (nSPS) is 10.3. The number of hydrogen-bond donors (Lipinski definition) is 1. The molecule has 0 unspecified atom stereocenters. The van der Waals surface area contributed by atoms with Crippen LogP contribution in [0.2, 0.25) is 0 Å². The molecular formula is C12H7F2N3O2S. The van der Waals surface area contributed by atoms with E-state index in [1.807, 2.05) is 6.07 Å². The van der Waals surface area contributed by atoms with E-state index < -0.39 is 27.8 Å². The molecule has 0 aliphatic heterocycles. The van der Waals surface area contributed by atoms with Crippen molar-refractivity contribution in [1.29, 1.82) is 5.26 Å². The van der Waals surface area contributed by atoms with Crippen LogP contribution in [0.3, 0.4) is 0 Å². The van der Waals surface area contributed by atoms with Gasteiger partial charge in [-0.05, 0) is 18.6 Å². The molecule has 0 saturated carbocycles. The van der Waals surface area contributed by atoms with Crippen LogP contribution >= 0.6 is 11.3 Å². The lowest BCUT2D eigenvalue weighted by atomic mass is 10.1. The summed E-state index contributed by atoms with van der Waals surface area (Å²) in [7, 11) is 0. The Morgan fingerprint density at radius 2 is 2.10 bits per heavy atom. The first-order valence-electron chi connectivity index (χ1n) is 5.30. The number of nitro benzene ring substituents is 1. The molecule has 8 heteroatoms. The number of nitriles is 1. The summed E-state index contributed by atoms with van der Waals surface area (Å²) in [4.78, 5) is 9.96. The van der Waals surface area contributed by atoms with E-state index in [4.69, 9.17) is 11.0 Å². The first-order chi connectivity index (χ1) is 9.38. The highest BCUT2D eigenvalue weighted by Gasteiger charge is 2.26. The molecule has 0 amide bonds. The van der Waals surface area contributed by atoms with Crippen LogP contribution < -0.4 is 5.73 Å². The van der Waals surface area contributed by atoms with E-state index in [1.54, 1.807) is 0 Å². The lowest BCUT2D eigenvalue weighted by Gasteiger charge is -2.04. The fourth-order valence-corrected chi connectivity index (χ4v) is 2.80. The van der Waals surface area contributed by atoms with E-state index >= 15 is 0 Å². The van der Waals surface area contributed by atoms with Gasteiger partial charge in [0.05, 0.1) is 16.2 Å². The van der Waals surface area contributed by atoms with E-state index in [0.29, 0.717) is 5.56 Å². The predicted molar refractivity (Wildman–Crippen MR) is 70.2 cm³/mol. The minimum Gasteiger partial charge on any atom is -0.397 e. The van der Waals surface area contributed by atoms with Crippen molar-refractivity contribution in [1.82, 2.24) is 0 Å². The molecule has 0 radical (unpaired) electrons. The lowest BCUT2D eigenvalue weighted by molar-refractivity contribution is -0.387. The number of anilines is 1. The molecule has 1 aromatic heterocycles. The largest absolute Gasteiger partial charge is 0.397 e. The summed E-state index contributed by atoms with van der Waals surface area (Å²) in [5.41, 5.74) is 4.75. The molecule has 2 N–H and O–H groups in total. The molecule has 0 spiro atoms. The summed E-state index contributed by atoms with van der Waals surface area (Å²) in [6, 6.07) is 3.39. The maximum absolute atomic E-state index is 14.1. The van der Waals surface area contributed by atoms with Gasteiger partial charge in [0.25, 0.3) is 0 Å². The van der Waals surface area contributed by atoms with E-state index in [2.05, 4.69) is 0 Å². The number of hydrogen-bond acceptors (Lipinski definition) is 5. The Bertz CT molecular complexity index is 765. The van der Waals surface area contributed by atoms with Crippen LogP contribution in [-0.4, -0.2) is 4.92 Å². The topological polar surface area (TPSA) is 93.0 Å². The van der Waals surface area contributed by atoms with Gasteiger partial charge >= 0.3 is 5.69 Å². The highest BCUT2D eigenvalue weighted by atomic mass is 32.1. The van der Waals surface area contributed by atoms with Gasteiger partial charge in [0.15, 0.2) is 0 Å². The third kappa shape index (κ3) is 1.98. The van der Waals surface area contributed by atoms with Crippen LogP contribution in [0, 0.1) is 40.0 Å². The van der Waals surface area contributed by atoms with Gasteiger partial charge in [0.1, 0.15) is 16.8 Å². The Labute approximate surface area is 116 Å². The van der Waals surface area contributed by atoms with E-state index in [9.17, 15) is 18.9 Å². The zero-order valence-electron chi connectivity index (χ0n) is 10.1. The second kappa shape index (κ2) is 4.86. The van der Waals surface area contributed by atoms with Crippen molar-refractivity contribution in [3.63, 3.8) is 0 Å². The molecule has 0 aliphatic rings. The van der Waals surface area contributed by atoms with Gasteiger partial charge in [-0.25, -0.2) is 4.39 Å². The molecule has 1 aromatic carbocycles. The minimum absolute atomic E-state index is 0.0813. The molecule has 0 bridgehead atoms. The fourth-order valence-electron chi connectivity index (χ4n) is 1.74. The third-order valence-electron chi connectivity index (χ3n) is 2.79. The summed E-state index contributed by atoms with van der Waals surface area (Å²) >= 11 is 0.799. The van der Waals surface area contributed by atoms with Gasteiger partial charge < -0.3 is 5.73 Å². The Morgan fingerprint density at radius 1 is 1.45 bits per heavy atom. The Hall–Kier alpha value is -2.53. The first-order valence-corrected chi connectivity index (χ1v) is 6.11. The number of nitrogens with two attached hydrogens (primary N) is 1. The molecule has 0 fully saturated rings. The van der Waals surface area contributed by atoms with Crippen molar-refractivity contribution < 1.29 is 13.7 Å². The highest BCUT2D eigenvalue weighted by Crippen LogP contribution is 2.41. The molecular weight excluding hydrogens is 288 g/mol. The number of thiophene rings is 1. The quantitative estimate of drug-likeness (QED) is 0.679. The molecule has 1 heterocycles. The molecule has 102 valence electrons. The number of nitrogen functional groups attached to an aromatic ring is 1. The second-order valence-electron chi connectivity index (χ2n) is 3.92. The summed E-state index contributed by atoms with van der Waals surface area (Å²) in [5, 5.41) is 19.6. The van der Waals surface area contributed by atoms with Crippen LogP contribution in [0.1, 0.15) is 10.4 Å². The van der Waals surface area contributed by atoms with Crippen molar-refractivity contribution in [3.8, 4) is 16.5 Å². The van der Waals surface area contributed by atoms with Crippen molar-refractivity contribution in [2.45, 2.75) is 6.92 Å². The summed E-state index contributed by atoms with van der Waals surface area (Å²) < 4.78 is 27.9. The van der Waals surface area contributed by atoms with E-state index in [1.165, 1.54) is 6.92 Å². The van der Waals surface area contributed by atoms with Crippen LogP contribution in [0.5, 0.6) is 0 Å². The zero-order valence-corrected chi connectivity index (χ0v) is 10.9. The van der Waals surface area contributed by atoms with Crippen molar-refractivity contribution in [2.75, 3.05) is 5.73 Å². The number of rotatable bonds is 2. The molecule has 2 aromatic rings. The number of nitrogens with zero attached hydrogens (tertiary/aromatic N) is 2. The van der Waals surface area contributed by atoms with Gasteiger partial charge in [-0.1, -0.05) is 0 Å². The number of nitro groups is 1. The standard InChI is InChI=1S/C12H7F2N3O2S/c1-5-11(16)8(4-15)20-12(5)9-6(13)2-3-7(10(9)14)17(18)19/h2-3H,16H2,1H3. The van der Waals surface area contributed by atoms with Crippen molar-refractivity contribution in [3.05, 3.63) is 44.3 Å². The molecule has 0 saturated heterocycles. The molecule has 5 nitrogen and oxygen atoms in total. The summed E-state index contributed by atoms with van der Waals surface area (Å²) in [5.74, 6) is -2.22. The van der Waals surface area contributed by atoms with Gasteiger partial charge in [0.2, 0.25) is 5.82 Å². The molecule has 20 heavy (non-hydrogen) atoms. The first kappa shape index (κ1) is 13.9. The second-order valence-corrected chi connectivity index (χ2v) is 4.94. The fraction of sp³-hybridized carbons (Fsp3) is 0.0833. The predicted octanol–water partition coefficient (Wildman–Crippen LogP) is 3.36. The Kier molecular flexibility index (Phi) is 3.38. The molecule has 0 atom stereocenters. The number of halogens is 2. The Morgan fingerprint density at radius 3 is 2.60 bits per heavy atom. The summed E-state index contributed by atoms with van der Waals surface area (Å²) in [6.07, 6.45) is 0. The van der Waals surface area contributed by atoms with Crippen LogP contribution in [0.4, 0.5) is 20.2 Å². The van der Waals surface area contributed by atoms with Crippen LogP contribution in [-0.2, 0) is 0 Å². The third-order valence-corrected chi connectivity index (χ3v) is 4.02. The van der Waals surface area contributed by atoms with E-state index in [-0.39, 0.29) is 15.4 Å². The van der Waals surface area contributed by atoms with Gasteiger partial charge in [0, 0.05) is 10.9 Å². The van der Waals surface area contributed by atoms with Gasteiger partial charge in [-0.15, -0.1) is 11.3 Å². The SMILES string of the molecule is Cc1c(-c2c(F)ccc([N+](=O)[O-])c2F)sc(C#N)c1N. The Balaban J connectivity index is 2.80. The van der Waals surface area contributed by atoms with Crippen molar-refractivity contribution >= 4 is 22.7 Å². The average Bonchev–Trinajstić information content (AvgIpc) is 2.66. The smallest absolute Gasteiger partial charge is 0.305 e.